The lowest BCUT2D eigenvalue weighted by Crippen LogP contribution is -2.40. The summed E-state index contributed by atoms with van der Waals surface area (Å²) in [6.07, 6.45) is -3.49. The zero-order chi connectivity index (χ0) is 26.9. The molecule has 1 aromatic carbocycles. The van der Waals surface area contributed by atoms with Crippen LogP contribution in [0.15, 0.2) is 40.9 Å². The lowest BCUT2D eigenvalue weighted by molar-refractivity contribution is -0.142. The van der Waals surface area contributed by atoms with Gasteiger partial charge in [0, 0.05) is 42.4 Å². The molecular formula is C24H20ClF4N5O3S. The van der Waals surface area contributed by atoms with E-state index in [4.69, 9.17) is 26.2 Å². The van der Waals surface area contributed by atoms with Crippen LogP contribution in [-0.4, -0.2) is 51.4 Å². The molecule has 3 aromatic rings. The molecule has 2 aromatic heterocycles. The average molecular weight is 570 g/mol. The number of likely N-dealkylation sites (tertiary alicyclic amines) is 1. The van der Waals surface area contributed by atoms with E-state index < -0.39 is 23.8 Å². The predicted octanol–water partition coefficient (Wildman–Crippen LogP) is 5.40. The Bertz CT molecular complexity index is 1320. The summed E-state index contributed by atoms with van der Waals surface area (Å²) in [6.45, 7) is 0.621. The number of thiazole rings is 1. The van der Waals surface area contributed by atoms with Crippen molar-refractivity contribution in [3.8, 4) is 5.88 Å². The second kappa shape index (κ2) is 10.8. The predicted molar refractivity (Wildman–Crippen MR) is 130 cm³/mol. The third-order valence-corrected chi connectivity index (χ3v) is 7.62. The van der Waals surface area contributed by atoms with E-state index in [0.29, 0.717) is 43.8 Å². The maximum absolute atomic E-state index is 14.2. The first kappa shape index (κ1) is 26.3. The molecule has 0 saturated carbocycles. The van der Waals surface area contributed by atoms with Crippen LogP contribution in [0.2, 0.25) is 5.02 Å². The number of halogens is 5. The first-order valence-electron chi connectivity index (χ1n) is 11.6. The Morgan fingerprint density at radius 1 is 1.18 bits per heavy atom. The van der Waals surface area contributed by atoms with Crippen LogP contribution in [-0.2, 0) is 15.8 Å². The van der Waals surface area contributed by atoms with Crippen molar-refractivity contribution in [2.75, 3.05) is 19.7 Å². The van der Waals surface area contributed by atoms with Crippen molar-refractivity contribution in [3.05, 3.63) is 68.5 Å². The number of piperidine rings is 1. The number of amides is 1. The fourth-order valence-corrected chi connectivity index (χ4v) is 5.55. The van der Waals surface area contributed by atoms with Crippen LogP contribution in [0.5, 0.6) is 5.88 Å². The average Bonchev–Trinajstić information content (AvgIpc) is 3.57. The molecule has 8 nitrogen and oxygen atoms in total. The summed E-state index contributed by atoms with van der Waals surface area (Å²) in [6, 6.07) is 6.25. The van der Waals surface area contributed by atoms with E-state index in [1.165, 1.54) is 23.5 Å². The first-order chi connectivity index (χ1) is 18.2. The molecular weight excluding hydrogens is 550 g/mol. The number of rotatable bonds is 6. The van der Waals surface area contributed by atoms with Crippen LogP contribution in [0.1, 0.15) is 53.2 Å². The van der Waals surface area contributed by atoms with Crippen molar-refractivity contribution in [1.29, 1.82) is 0 Å². The maximum Gasteiger partial charge on any atom is 0.435 e. The molecule has 38 heavy (non-hydrogen) atoms. The van der Waals surface area contributed by atoms with Gasteiger partial charge in [0.1, 0.15) is 11.5 Å². The van der Waals surface area contributed by atoms with Crippen LogP contribution in [0.4, 0.5) is 17.6 Å². The Hall–Kier alpha value is -3.32. The van der Waals surface area contributed by atoms with Gasteiger partial charge in [-0.3, -0.25) is 4.79 Å². The Labute approximate surface area is 223 Å². The molecule has 2 aliphatic heterocycles. The Morgan fingerprint density at radius 2 is 1.97 bits per heavy atom. The third-order valence-electron chi connectivity index (χ3n) is 6.28. The van der Waals surface area contributed by atoms with Gasteiger partial charge in [-0.25, -0.2) is 9.37 Å². The van der Waals surface area contributed by atoms with Crippen molar-refractivity contribution in [2.45, 2.75) is 37.5 Å². The van der Waals surface area contributed by atoms with Gasteiger partial charge in [-0.05, 0) is 31.0 Å². The smallest absolute Gasteiger partial charge is 0.435 e. The minimum Gasteiger partial charge on any atom is -0.466 e. The standard InChI is InChI=1S/C24H20ClF4N5O3S/c25-14-2-1-3-15(26)22(14)18-10-16(33-37-18)17-12-38-23(30-17)13-6-8-34(9-7-13)21(35)11-36-20-5-4-19(31-32-20)24(27,28)29/h1-5,12-13,18H,6-11H2. The quantitative estimate of drug-likeness (QED) is 0.370. The van der Waals surface area contributed by atoms with Crippen LogP contribution < -0.4 is 4.74 Å². The summed E-state index contributed by atoms with van der Waals surface area (Å²) in [7, 11) is 0. The molecule has 1 unspecified atom stereocenters. The van der Waals surface area contributed by atoms with Crippen LogP contribution in [0.3, 0.4) is 0 Å². The van der Waals surface area contributed by atoms with Crippen molar-refractivity contribution >= 4 is 34.6 Å². The van der Waals surface area contributed by atoms with Crippen molar-refractivity contribution < 1.29 is 31.9 Å². The summed E-state index contributed by atoms with van der Waals surface area (Å²) >= 11 is 7.65. The molecule has 14 heteroatoms. The highest BCUT2D eigenvalue weighted by molar-refractivity contribution is 7.10. The lowest BCUT2D eigenvalue weighted by atomic mass is 9.97. The molecule has 1 atom stereocenters. The molecule has 2 aliphatic rings. The molecule has 5 rings (SSSR count). The topological polar surface area (TPSA) is 89.8 Å². The van der Waals surface area contributed by atoms with Gasteiger partial charge in [0.15, 0.2) is 18.4 Å². The Balaban J connectivity index is 1.11. The molecule has 1 fully saturated rings. The lowest BCUT2D eigenvalue weighted by Gasteiger charge is -2.31. The minimum atomic E-state index is -4.60. The number of hydrogen-bond acceptors (Lipinski definition) is 8. The van der Waals surface area contributed by atoms with E-state index in [1.807, 2.05) is 5.38 Å². The van der Waals surface area contributed by atoms with E-state index in [2.05, 4.69) is 15.4 Å². The highest BCUT2D eigenvalue weighted by Gasteiger charge is 2.33. The highest BCUT2D eigenvalue weighted by atomic mass is 35.5. The van der Waals surface area contributed by atoms with Gasteiger partial charge < -0.3 is 14.5 Å². The van der Waals surface area contributed by atoms with E-state index in [-0.39, 0.29) is 34.9 Å². The molecule has 0 N–H and O–H groups in total. The van der Waals surface area contributed by atoms with Crippen molar-refractivity contribution in [2.24, 2.45) is 5.16 Å². The molecule has 0 radical (unpaired) electrons. The van der Waals surface area contributed by atoms with Crippen molar-refractivity contribution in [1.82, 2.24) is 20.1 Å². The number of aromatic nitrogens is 3. The highest BCUT2D eigenvalue weighted by Crippen LogP contribution is 2.37. The van der Waals surface area contributed by atoms with E-state index in [0.717, 1.165) is 17.1 Å². The molecule has 0 bridgehead atoms. The van der Waals surface area contributed by atoms with Gasteiger partial charge in [-0.15, -0.1) is 21.5 Å². The maximum atomic E-state index is 14.2. The number of carbonyl (C=O) groups is 1. The zero-order valence-corrected chi connectivity index (χ0v) is 21.2. The number of ether oxygens (including phenoxy) is 1. The van der Waals surface area contributed by atoms with Crippen molar-refractivity contribution in [3.63, 3.8) is 0 Å². The second-order valence-corrected chi connectivity index (χ2v) is 10.0. The fraction of sp³-hybridized carbons (Fsp3) is 0.375. The summed E-state index contributed by atoms with van der Waals surface area (Å²) < 4.78 is 57.2. The van der Waals surface area contributed by atoms with Crippen LogP contribution in [0.25, 0.3) is 0 Å². The van der Waals surface area contributed by atoms with E-state index in [9.17, 15) is 22.4 Å². The molecule has 4 heterocycles. The number of carbonyl (C=O) groups excluding carboxylic acids is 1. The van der Waals surface area contributed by atoms with E-state index in [1.54, 1.807) is 11.0 Å². The zero-order valence-electron chi connectivity index (χ0n) is 19.6. The summed E-state index contributed by atoms with van der Waals surface area (Å²) in [5.74, 6) is -0.744. The molecule has 0 spiro atoms. The monoisotopic (exact) mass is 569 g/mol. The van der Waals surface area contributed by atoms with Gasteiger partial charge in [0.2, 0.25) is 5.88 Å². The Kier molecular flexibility index (Phi) is 7.48. The number of oxime groups is 1. The number of benzene rings is 1. The fourth-order valence-electron chi connectivity index (χ4n) is 4.26. The molecule has 1 amide bonds. The number of alkyl halides is 3. The summed E-state index contributed by atoms with van der Waals surface area (Å²) in [5, 5.41) is 13.6. The summed E-state index contributed by atoms with van der Waals surface area (Å²) in [4.78, 5) is 24.3. The SMILES string of the molecule is O=C(COc1ccc(C(F)(F)F)nn1)N1CCC(c2nc(C3=NOC(c4c(F)cccc4Cl)C3)cs2)CC1. The van der Waals surface area contributed by atoms with Crippen LogP contribution in [0, 0.1) is 5.82 Å². The number of hydrogen-bond donors (Lipinski definition) is 0. The summed E-state index contributed by atoms with van der Waals surface area (Å²) in [5.41, 5.74) is 0.428. The molecule has 200 valence electrons. The molecule has 1 saturated heterocycles. The van der Waals surface area contributed by atoms with Gasteiger partial charge in [-0.1, -0.05) is 22.8 Å². The normalized spacial score (nSPS) is 18.3. The van der Waals surface area contributed by atoms with Crippen LogP contribution >= 0.6 is 22.9 Å². The number of nitrogens with zero attached hydrogens (tertiary/aromatic N) is 5. The Morgan fingerprint density at radius 3 is 2.66 bits per heavy atom. The minimum absolute atomic E-state index is 0.152. The van der Waals surface area contributed by atoms with Gasteiger partial charge in [0.25, 0.3) is 5.91 Å². The third kappa shape index (κ3) is 5.73. The second-order valence-electron chi connectivity index (χ2n) is 8.74. The van der Waals surface area contributed by atoms with Gasteiger partial charge >= 0.3 is 6.18 Å². The largest absolute Gasteiger partial charge is 0.466 e. The van der Waals surface area contributed by atoms with Gasteiger partial charge in [0.05, 0.1) is 15.7 Å². The molecule has 0 aliphatic carbocycles. The van der Waals surface area contributed by atoms with E-state index >= 15 is 0 Å². The van der Waals surface area contributed by atoms with Gasteiger partial charge in [-0.2, -0.15) is 13.2 Å². The first-order valence-corrected chi connectivity index (χ1v) is 12.9.